The number of ether oxygens (including phenoxy) is 1. The number of carbonyl (C=O) groups excluding carboxylic acids is 1. The second kappa shape index (κ2) is 6.24. The molecule has 0 radical (unpaired) electrons. The summed E-state index contributed by atoms with van der Waals surface area (Å²) < 4.78 is 28.3. The van der Waals surface area contributed by atoms with Crippen LogP contribution in [0.5, 0.6) is 0 Å². The maximum atomic E-state index is 12.0. The van der Waals surface area contributed by atoms with Crippen LogP contribution in [0.25, 0.3) is 0 Å². The summed E-state index contributed by atoms with van der Waals surface area (Å²) in [5.41, 5.74) is 0.155. The Morgan fingerprint density at radius 1 is 1.48 bits per heavy atom. The van der Waals surface area contributed by atoms with Gasteiger partial charge in [-0.15, -0.1) is 0 Å². The second-order valence-corrected chi connectivity index (χ2v) is 8.44. The first-order valence-corrected chi connectivity index (χ1v) is 9.45. The molecule has 0 spiro atoms. The molecule has 0 aromatic heterocycles. The minimum Gasteiger partial charge on any atom is -0.378 e. The molecule has 116 valence electrons. The molecule has 0 heterocycles. The van der Waals surface area contributed by atoms with Crippen LogP contribution in [0.15, 0.2) is 27.6 Å². The molecule has 0 bridgehead atoms. The Morgan fingerprint density at radius 2 is 2.14 bits per heavy atom. The lowest BCUT2D eigenvalue weighted by atomic mass is 9.77. The number of hydrogen-bond acceptors (Lipinski definition) is 4. The topological polar surface area (TPSA) is 72.5 Å². The monoisotopic (exact) mass is 395 g/mol. The average molecular weight is 397 g/mol. The van der Waals surface area contributed by atoms with Gasteiger partial charge in [-0.05, 0) is 53.4 Å². The van der Waals surface area contributed by atoms with Crippen LogP contribution in [0.3, 0.4) is 0 Å². The molecule has 1 aliphatic rings. The minimum absolute atomic E-state index is 0.0329. The van der Waals surface area contributed by atoms with Gasteiger partial charge in [-0.25, -0.2) is 8.42 Å². The predicted molar refractivity (Wildman–Crippen MR) is 84.0 cm³/mol. The van der Waals surface area contributed by atoms with E-state index < -0.39 is 9.05 Å². The zero-order valence-corrected chi connectivity index (χ0v) is 14.5. The van der Waals surface area contributed by atoms with E-state index in [1.807, 2.05) is 0 Å². The van der Waals surface area contributed by atoms with E-state index >= 15 is 0 Å². The molecular formula is C13H15BrClNO4S. The fourth-order valence-electron chi connectivity index (χ4n) is 2.30. The highest BCUT2D eigenvalue weighted by Crippen LogP contribution is 2.38. The number of carbonyl (C=O) groups is 1. The Morgan fingerprint density at radius 3 is 2.57 bits per heavy atom. The van der Waals surface area contributed by atoms with Crippen LogP contribution in [0, 0.1) is 0 Å². The average Bonchev–Trinajstić information content (AvgIpc) is 2.32. The van der Waals surface area contributed by atoms with Crippen molar-refractivity contribution in [2.75, 3.05) is 12.4 Å². The van der Waals surface area contributed by atoms with Crippen molar-refractivity contribution in [1.82, 2.24) is 0 Å². The zero-order chi connectivity index (χ0) is 15.7. The van der Waals surface area contributed by atoms with Gasteiger partial charge in [0.1, 0.15) is 0 Å². The number of halogens is 2. The molecular weight excluding hydrogens is 382 g/mol. The Hall–Kier alpha value is -0.630. The number of hydrogen-bond donors (Lipinski definition) is 1. The van der Waals surface area contributed by atoms with Gasteiger partial charge in [0, 0.05) is 28.0 Å². The highest BCUT2D eigenvalue weighted by molar-refractivity contribution is 9.10. The third-order valence-electron chi connectivity index (χ3n) is 3.66. The van der Waals surface area contributed by atoms with Crippen molar-refractivity contribution in [3.8, 4) is 0 Å². The number of rotatable bonds is 5. The molecule has 2 rings (SSSR count). The van der Waals surface area contributed by atoms with Gasteiger partial charge in [-0.1, -0.05) is 0 Å². The SMILES string of the molecule is COC1(CC(=O)Nc2ccc(S(=O)(=O)Cl)c(Br)c2)CCC1. The summed E-state index contributed by atoms with van der Waals surface area (Å²) in [7, 11) is 3.09. The standard InChI is InChI=1S/C13H15BrClNO4S/c1-20-13(5-2-6-13)8-12(17)16-9-3-4-11(10(14)7-9)21(15,18)19/h3-4,7H,2,5-6,8H2,1H3,(H,16,17). The number of methoxy groups -OCH3 is 1. The quantitative estimate of drug-likeness (QED) is 0.775. The van der Waals surface area contributed by atoms with Crippen molar-refractivity contribution >= 4 is 47.3 Å². The maximum Gasteiger partial charge on any atom is 0.262 e. The molecule has 5 nitrogen and oxygen atoms in total. The molecule has 1 fully saturated rings. The molecule has 1 N–H and O–H groups in total. The van der Waals surface area contributed by atoms with E-state index in [1.54, 1.807) is 7.11 Å². The van der Waals surface area contributed by atoms with E-state index in [-0.39, 0.29) is 22.8 Å². The van der Waals surface area contributed by atoms with Gasteiger partial charge in [-0.3, -0.25) is 4.79 Å². The van der Waals surface area contributed by atoms with Crippen molar-refractivity contribution in [2.24, 2.45) is 0 Å². The highest BCUT2D eigenvalue weighted by atomic mass is 79.9. The van der Waals surface area contributed by atoms with Gasteiger partial charge >= 0.3 is 0 Å². The molecule has 1 aromatic rings. The summed E-state index contributed by atoms with van der Waals surface area (Å²) in [5, 5.41) is 2.73. The lowest BCUT2D eigenvalue weighted by Crippen LogP contribution is -2.42. The van der Waals surface area contributed by atoms with Crippen molar-refractivity contribution in [2.45, 2.75) is 36.2 Å². The van der Waals surface area contributed by atoms with Crippen LogP contribution < -0.4 is 5.32 Å². The fraction of sp³-hybridized carbons (Fsp3) is 0.462. The third-order valence-corrected chi connectivity index (χ3v) is 5.96. The molecule has 1 aliphatic carbocycles. The Bertz CT molecular complexity index is 653. The molecule has 0 aliphatic heterocycles. The minimum atomic E-state index is -3.81. The summed E-state index contributed by atoms with van der Waals surface area (Å²) in [4.78, 5) is 12.0. The Balaban J connectivity index is 2.07. The number of benzene rings is 1. The molecule has 1 aromatic carbocycles. The van der Waals surface area contributed by atoms with Gasteiger partial charge in [-0.2, -0.15) is 0 Å². The van der Waals surface area contributed by atoms with Gasteiger partial charge in [0.25, 0.3) is 9.05 Å². The van der Waals surface area contributed by atoms with Gasteiger partial charge in [0.2, 0.25) is 5.91 Å². The molecule has 1 amide bonds. The first-order chi connectivity index (χ1) is 9.76. The normalized spacial score (nSPS) is 17.1. The van der Waals surface area contributed by atoms with Gasteiger partial charge in [0.05, 0.1) is 16.9 Å². The summed E-state index contributed by atoms with van der Waals surface area (Å²) in [6.07, 6.45) is 3.11. The third kappa shape index (κ3) is 3.97. The largest absolute Gasteiger partial charge is 0.378 e. The van der Waals surface area contributed by atoms with Crippen LogP contribution in [0.1, 0.15) is 25.7 Å². The molecule has 0 atom stereocenters. The van der Waals surface area contributed by atoms with Crippen molar-refractivity contribution in [3.63, 3.8) is 0 Å². The van der Waals surface area contributed by atoms with Crippen LogP contribution in [-0.2, 0) is 18.6 Å². The van der Waals surface area contributed by atoms with Gasteiger partial charge < -0.3 is 10.1 Å². The molecule has 1 saturated carbocycles. The van der Waals surface area contributed by atoms with Crippen molar-refractivity contribution in [3.05, 3.63) is 22.7 Å². The Kier molecular flexibility index (Phi) is 4.97. The summed E-state index contributed by atoms with van der Waals surface area (Å²) in [6.45, 7) is 0. The summed E-state index contributed by atoms with van der Waals surface area (Å²) in [5.74, 6) is -0.162. The van der Waals surface area contributed by atoms with E-state index in [9.17, 15) is 13.2 Å². The Labute approximate surface area is 136 Å². The lowest BCUT2D eigenvalue weighted by Gasteiger charge is -2.39. The van der Waals surface area contributed by atoms with E-state index in [0.29, 0.717) is 10.2 Å². The van der Waals surface area contributed by atoms with E-state index in [0.717, 1.165) is 19.3 Å². The first kappa shape index (κ1) is 16.7. The van der Waals surface area contributed by atoms with E-state index in [1.165, 1.54) is 18.2 Å². The summed E-state index contributed by atoms with van der Waals surface area (Å²) in [6, 6.07) is 4.35. The number of amides is 1. The van der Waals surface area contributed by atoms with Crippen molar-refractivity contribution in [1.29, 1.82) is 0 Å². The predicted octanol–water partition coefficient (Wildman–Crippen LogP) is 3.27. The summed E-state index contributed by atoms with van der Waals surface area (Å²) >= 11 is 3.13. The molecule has 0 unspecified atom stereocenters. The van der Waals surface area contributed by atoms with Crippen LogP contribution in [0.4, 0.5) is 5.69 Å². The zero-order valence-electron chi connectivity index (χ0n) is 11.4. The van der Waals surface area contributed by atoms with Crippen molar-refractivity contribution < 1.29 is 17.9 Å². The molecule has 8 heteroatoms. The molecule has 0 saturated heterocycles. The first-order valence-electron chi connectivity index (χ1n) is 6.35. The van der Waals surface area contributed by atoms with E-state index in [4.69, 9.17) is 15.4 Å². The van der Waals surface area contributed by atoms with Crippen LogP contribution >= 0.6 is 26.6 Å². The van der Waals surface area contributed by atoms with Crippen LogP contribution in [0.2, 0.25) is 0 Å². The maximum absolute atomic E-state index is 12.0. The fourth-order valence-corrected chi connectivity index (χ4v) is 4.52. The smallest absolute Gasteiger partial charge is 0.262 e. The van der Waals surface area contributed by atoms with E-state index in [2.05, 4.69) is 21.2 Å². The van der Waals surface area contributed by atoms with Crippen LogP contribution in [-0.4, -0.2) is 27.0 Å². The lowest BCUT2D eigenvalue weighted by molar-refractivity contribution is -0.129. The number of nitrogens with one attached hydrogen (secondary N) is 1. The number of anilines is 1. The highest BCUT2D eigenvalue weighted by Gasteiger charge is 2.39. The van der Waals surface area contributed by atoms with Gasteiger partial charge in [0.15, 0.2) is 0 Å². The second-order valence-electron chi connectivity index (χ2n) is 5.05. The molecule has 21 heavy (non-hydrogen) atoms.